The Hall–Kier alpha value is -1.76. The molecule has 1 saturated heterocycles. The Morgan fingerprint density at radius 3 is 3.00 bits per heavy atom. The summed E-state index contributed by atoms with van der Waals surface area (Å²) in [5, 5.41) is 10.0. The molecule has 1 unspecified atom stereocenters. The Kier molecular flexibility index (Phi) is 4.52. The van der Waals surface area contributed by atoms with Crippen LogP contribution in [0.4, 0.5) is 0 Å². The number of carbonyl (C=O) groups is 1. The maximum atomic E-state index is 12.3. The van der Waals surface area contributed by atoms with E-state index in [1.807, 2.05) is 4.90 Å². The molecule has 1 aliphatic rings. The van der Waals surface area contributed by atoms with Crippen molar-refractivity contribution in [3.8, 4) is 0 Å². The van der Waals surface area contributed by atoms with Crippen LogP contribution in [-0.2, 0) is 12.8 Å². The summed E-state index contributed by atoms with van der Waals surface area (Å²) in [6, 6.07) is 0. The largest absolute Gasteiger partial charge is 0.425 e. The standard InChI is InChI=1S/C15H20N4O2S/c1-10(2)5-13-17-18-14(21-13)6-11-3-4-19(7-11)15(20)12-8-22-9-16-12/h8-11H,3-7H2,1-2H3. The molecule has 7 heteroatoms. The molecule has 118 valence electrons. The highest BCUT2D eigenvalue weighted by atomic mass is 32.1. The Labute approximate surface area is 133 Å². The van der Waals surface area contributed by atoms with Crippen LogP contribution in [0.2, 0.25) is 0 Å². The van der Waals surface area contributed by atoms with Gasteiger partial charge in [0.15, 0.2) is 0 Å². The second-order valence-corrected chi connectivity index (χ2v) is 6.89. The number of hydrogen-bond acceptors (Lipinski definition) is 6. The summed E-state index contributed by atoms with van der Waals surface area (Å²) in [5.41, 5.74) is 2.23. The highest BCUT2D eigenvalue weighted by Gasteiger charge is 2.29. The van der Waals surface area contributed by atoms with Gasteiger partial charge < -0.3 is 9.32 Å². The Morgan fingerprint density at radius 2 is 2.27 bits per heavy atom. The number of thiazole rings is 1. The predicted octanol–water partition coefficient (Wildman–Crippen LogP) is 2.43. The average molecular weight is 320 g/mol. The zero-order chi connectivity index (χ0) is 15.5. The molecule has 1 aliphatic heterocycles. The van der Waals surface area contributed by atoms with E-state index in [0.717, 1.165) is 32.4 Å². The fourth-order valence-electron chi connectivity index (χ4n) is 2.71. The first-order valence-corrected chi connectivity index (χ1v) is 8.55. The van der Waals surface area contributed by atoms with E-state index < -0.39 is 0 Å². The molecule has 3 rings (SSSR count). The maximum absolute atomic E-state index is 12.3. The van der Waals surface area contributed by atoms with Crippen molar-refractivity contribution < 1.29 is 9.21 Å². The minimum atomic E-state index is 0.0229. The van der Waals surface area contributed by atoms with Gasteiger partial charge >= 0.3 is 0 Å². The second kappa shape index (κ2) is 6.56. The lowest BCUT2D eigenvalue weighted by atomic mass is 10.1. The first kappa shape index (κ1) is 15.1. The van der Waals surface area contributed by atoms with Gasteiger partial charge in [-0.3, -0.25) is 4.79 Å². The van der Waals surface area contributed by atoms with Crippen LogP contribution in [0.25, 0.3) is 0 Å². The summed E-state index contributed by atoms with van der Waals surface area (Å²) in [6.45, 7) is 5.76. The van der Waals surface area contributed by atoms with Crippen molar-refractivity contribution in [2.24, 2.45) is 11.8 Å². The molecule has 0 N–H and O–H groups in total. The third kappa shape index (κ3) is 3.52. The molecule has 1 atom stereocenters. The minimum absolute atomic E-state index is 0.0229. The number of aromatic nitrogens is 3. The van der Waals surface area contributed by atoms with Crippen molar-refractivity contribution in [1.29, 1.82) is 0 Å². The predicted molar refractivity (Wildman–Crippen MR) is 82.7 cm³/mol. The molecule has 0 bridgehead atoms. The van der Waals surface area contributed by atoms with Gasteiger partial charge in [-0.05, 0) is 18.3 Å². The molecule has 0 aromatic carbocycles. The van der Waals surface area contributed by atoms with Crippen molar-refractivity contribution in [3.05, 3.63) is 28.4 Å². The second-order valence-electron chi connectivity index (χ2n) is 6.17. The first-order chi connectivity index (χ1) is 10.6. The molecule has 1 amide bonds. The van der Waals surface area contributed by atoms with E-state index in [1.165, 1.54) is 11.3 Å². The van der Waals surface area contributed by atoms with E-state index in [1.54, 1.807) is 10.9 Å². The molecule has 2 aromatic rings. The van der Waals surface area contributed by atoms with Crippen molar-refractivity contribution in [2.75, 3.05) is 13.1 Å². The third-order valence-electron chi connectivity index (χ3n) is 3.78. The Morgan fingerprint density at radius 1 is 1.45 bits per heavy atom. The lowest BCUT2D eigenvalue weighted by Gasteiger charge is -2.14. The number of hydrogen-bond donors (Lipinski definition) is 0. The molecule has 0 spiro atoms. The first-order valence-electron chi connectivity index (χ1n) is 7.60. The maximum Gasteiger partial charge on any atom is 0.273 e. The summed E-state index contributed by atoms with van der Waals surface area (Å²) in [7, 11) is 0. The molecule has 2 aromatic heterocycles. The van der Waals surface area contributed by atoms with Crippen molar-refractivity contribution in [1.82, 2.24) is 20.1 Å². The van der Waals surface area contributed by atoms with E-state index in [0.29, 0.717) is 29.3 Å². The quantitative estimate of drug-likeness (QED) is 0.846. The Bertz CT molecular complexity index is 623. The molecule has 22 heavy (non-hydrogen) atoms. The fraction of sp³-hybridized carbons (Fsp3) is 0.600. The number of rotatable bonds is 5. The van der Waals surface area contributed by atoms with E-state index in [4.69, 9.17) is 4.42 Å². The SMILES string of the molecule is CC(C)Cc1nnc(CC2CCN(C(=O)c3cscn3)C2)o1. The van der Waals surface area contributed by atoms with Crippen LogP contribution in [0.1, 0.15) is 42.5 Å². The average Bonchev–Trinajstić information content (AvgIpc) is 3.19. The van der Waals surface area contributed by atoms with Gasteiger partial charge in [-0.15, -0.1) is 21.5 Å². The number of likely N-dealkylation sites (tertiary alicyclic amines) is 1. The van der Waals surface area contributed by atoms with Crippen LogP contribution < -0.4 is 0 Å². The van der Waals surface area contributed by atoms with Gasteiger partial charge in [-0.25, -0.2) is 4.98 Å². The van der Waals surface area contributed by atoms with Gasteiger partial charge in [-0.1, -0.05) is 13.8 Å². The number of amides is 1. The monoisotopic (exact) mass is 320 g/mol. The van der Waals surface area contributed by atoms with E-state index in [9.17, 15) is 4.79 Å². The van der Waals surface area contributed by atoms with Gasteiger partial charge in [-0.2, -0.15) is 0 Å². The minimum Gasteiger partial charge on any atom is -0.425 e. The van der Waals surface area contributed by atoms with Crippen molar-refractivity contribution in [3.63, 3.8) is 0 Å². The number of nitrogens with zero attached hydrogens (tertiary/aromatic N) is 4. The molecule has 3 heterocycles. The van der Waals surface area contributed by atoms with Gasteiger partial charge in [0.2, 0.25) is 11.8 Å². The normalized spacial score (nSPS) is 18.3. The summed E-state index contributed by atoms with van der Waals surface area (Å²) in [4.78, 5) is 18.2. The molecule has 0 radical (unpaired) electrons. The lowest BCUT2D eigenvalue weighted by Crippen LogP contribution is -2.29. The van der Waals surface area contributed by atoms with Crippen LogP contribution in [0, 0.1) is 11.8 Å². The number of carbonyl (C=O) groups excluding carboxylic acids is 1. The highest BCUT2D eigenvalue weighted by molar-refractivity contribution is 7.07. The lowest BCUT2D eigenvalue weighted by molar-refractivity contribution is 0.0781. The van der Waals surface area contributed by atoms with Gasteiger partial charge in [0.1, 0.15) is 5.69 Å². The molecule has 0 aliphatic carbocycles. The summed E-state index contributed by atoms with van der Waals surface area (Å²) in [6.07, 6.45) is 2.52. The Balaban J connectivity index is 1.54. The van der Waals surface area contributed by atoms with Crippen LogP contribution in [0.5, 0.6) is 0 Å². The van der Waals surface area contributed by atoms with E-state index in [-0.39, 0.29) is 5.91 Å². The van der Waals surface area contributed by atoms with Gasteiger partial charge in [0.25, 0.3) is 5.91 Å². The van der Waals surface area contributed by atoms with E-state index >= 15 is 0 Å². The molecular formula is C15H20N4O2S. The molecular weight excluding hydrogens is 300 g/mol. The van der Waals surface area contributed by atoms with Crippen LogP contribution >= 0.6 is 11.3 Å². The van der Waals surface area contributed by atoms with Gasteiger partial charge in [0, 0.05) is 31.3 Å². The zero-order valence-corrected chi connectivity index (χ0v) is 13.7. The summed E-state index contributed by atoms with van der Waals surface area (Å²) < 4.78 is 5.69. The molecule has 6 nitrogen and oxygen atoms in total. The summed E-state index contributed by atoms with van der Waals surface area (Å²) >= 11 is 1.45. The topological polar surface area (TPSA) is 72.1 Å². The smallest absolute Gasteiger partial charge is 0.273 e. The molecule has 0 saturated carbocycles. The molecule has 1 fully saturated rings. The fourth-order valence-corrected chi connectivity index (χ4v) is 3.24. The van der Waals surface area contributed by atoms with Crippen LogP contribution in [0.15, 0.2) is 15.3 Å². The highest BCUT2D eigenvalue weighted by Crippen LogP contribution is 2.22. The zero-order valence-electron chi connectivity index (χ0n) is 12.9. The van der Waals surface area contributed by atoms with Crippen molar-refractivity contribution >= 4 is 17.2 Å². The van der Waals surface area contributed by atoms with Crippen LogP contribution in [0.3, 0.4) is 0 Å². The third-order valence-corrected chi connectivity index (χ3v) is 4.37. The van der Waals surface area contributed by atoms with Crippen LogP contribution in [-0.4, -0.2) is 39.1 Å². The summed E-state index contributed by atoms with van der Waals surface area (Å²) in [5.74, 6) is 2.30. The van der Waals surface area contributed by atoms with Gasteiger partial charge in [0.05, 0.1) is 5.51 Å². The van der Waals surface area contributed by atoms with E-state index in [2.05, 4.69) is 29.0 Å². The van der Waals surface area contributed by atoms with Crippen molar-refractivity contribution in [2.45, 2.75) is 33.1 Å².